The summed E-state index contributed by atoms with van der Waals surface area (Å²) in [7, 11) is 0. The number of hydrogen-bond acceptors (Lipinski definition) is 11. The molecule has 274 valence electrons. The minimum absolute atomic E-state index is 0.131. The van der Waals surface area contributed by atoms with Gasteiger partial charge in [-0.3, -0.25) is 0 Å². The van der Waals surface area contributed by atoms with Crippen molar-refractivity contribution in [3.8, 4) is 0 Å². The number of carbonyl (C=O) groups excluding carboxylic acids is 5. The fraction of sp³-hybridized carbons (Fsp3) is 0.167. The molecule has 12 heteroatoms. The van der Waals surface area contributed by atoms with Gasteiger partial charge in [-0.1, -0.05) is 103 Å². The minimum Gasteiger partial charge on any atom is -0.459 e. The summed E-state index contributed by atoms with van der Waals surface area (Å²) >= 11 is 0. The molecule has 5 aromatic carbocycles. The molecule has 1 amide bonds. The fourth-order valence-corrected chi connectivity index (χ4v) is 5.57. The third kappa shape index (κ3) is 9.75. The normalized spacial score (nSPS) is 19.0. The number of hydrogen-bond donors (Lipinski definition) is 1. The smallest absolute Gasteiger partial charge is 0.408 e. The van der Waals surface area contributed by atoms with Crippen molar-refractivity contribution in [2.45, 2.75) is 37.3 Å². The molecular weight excluding hydrogens is 694 g/mol. The molecule has 0 aromatic heterocycles. The second-order valence-electron chi connectivity index (χ2n) is 12.0. The number of benzene rings is 5. The monoisotopic (exact) mass is 729 g/mol. The lowest BCUT2D eigenvalue weighted by atomic mass is 9.95. The standard InChI is InChI=1S/C42H35NO11/c44-37(29-18-8-2-9-19-29)49-27-33-35(52-38(45)30-20-10-3-11-21-30)36(53-39(46)31-22-12-4-13-23-31)34(43-42(48)50-26-28-16-6-1-7-17-28)41(51-33)54-40(47)32-24-14-5-15-25-32/h1-25,33-36,41H,26-27H2,(H,43,48)/t33-,34-,35-,36-,41?/m1/s1. The van der Waals surface area contributed by atoms with E-state index in [0.717, 1.165) is 0 Å². The van der Waals surface area contributed by atoms with E-state index in [1.165, 1.54) is 36.4 Å². The van der Waals surface area contributed by atoms with Crippen molar-refractivity contribution in [3.05, 3.63) is 179 Å². The molecule has 6 rings (SSSR count). The molecular formula is C42H35NO11. The van der Waals surface area contributed by atoms with Gasteiger partial charge in [-0.2, -0.15) is 0 Å². The molecule has 0 bridgehead atoms. The maximum atomic E-state index is 13.7. The number of nitrogens with one attached hydrogen (secondary N) is 1. The summed E-state index contributed by atoms with van der Waals surface area (Å²) in [5, 5.41) is 2.62. The van der Waals surface area contributed by atoms with E-state index in [2.05, 4.69) is 5.32 Å². The van der Waals surface area contributed by atoms with Crippen LogP contribution in [-0.4, -0.2) is 67.2 Å². The number of alkyl carbamates (subject to hydrolysis) is 1. The van der Waals surface area contributed by atoms with Gasteiger partial charge in [0.1, 0.15) is 25.4 Å². The van der Waals surface area contributed by atoms with Crippen LogP contribution in [0.3, 0.4) is 0 Å². The van der Waals surface area contributed by atoms with Crippen LogP contribution in [0.25, 0.3) is 0 Å². The Balaban J connectivity index is 1.38. The Kier molecular flexibility index (Phi) is 12.4. The van der Waals surface area contributed by atoms with Gasteiger partial charge in [0.2, 0.25) is 6.29 Å². The van der Waals surface area contributed by atoms with E-state index in [0.29, 0.717) is 5.56 Å². The topological polar surface area (TPSA) is 153 Å². The van der Waals surface area contributed by atoms with Gasteiger partial charge in [0.15, 0.2) is 12.2 Å². The van der Waals surface area contributed by atoms with E-state index < -0.39 is 67.2 Å². The summed E-state index contributed by atoms with van der Waals surface area (Å²) < 4.78 is 35.2. The first kappa shape index (κ1) is 37.0. The zero-order valence-corrected chi connectivity index (χ0v) is 28.7. The summed E-state index contributed by atoms with van der Waals surface area (Å²) in [5.41, 5.74) is 1.34. The Morgan fingerprint density at radius 2 is 0.889 bits per heavy atom. The van der Waals surface area contributed by atoms with Crippen molar-refractivity contribution < 1.29 is 52.4 Å². The second-order valence-corrected chi connectivity index (χ2v) is 12.0. The molecule has 5 atom stereocenters. The van der Waals surface area contributed by atoms with Crippen molar-refractivity contribution in [2.24, 2.45) is 0 Å². The van der Waals surface area contributed by atoms with Gasteiger partial charge in [0.25, 0.3) is 0 Å². The molecule has 1 heterocycles. The van der Waals surface area contributed by atoms with Gasteiger partial charge in [-0.15, -0.1) is 0 Å². The molecule has 1 unspecified atom stereocenters. The molecule has 1 aliphatic heterocycles. The Morgan fingerprint density at radius 3 is 1.37 bits per heavy atom. The lowest BCUT2D eigenvalue weighted by molar-refractivity contribution is -0.251. The molecule has 54 heavy (non-hydrogen) atoms. The maximum absolute atomic E-state index is 13.7. The van der Waals surface area contributed by atoms with Crippen LogP contribution < -0.4 is 5.32 Å². The zero-order chi connectivity index (χ0) is 37.7. The summed E-state index contributed by atoms with van der Waals surface area (Å²) in [4.78, 5) is 67.4. The van der Waals surface area contributed by atoms with Crippen molar-refractivity contribution >= 4 is 30.0 Å². The van der Waals surface area contributed by atoms with E-state index in [9.17, 15) is 24.0 Å². The average Bonchev–Trinajstić information content (AvgIpc) is 3.22. The average molecular weight is 730 g/mol. The van der Waals surface area contributed by atoms with Gasteiger partial charge in [-0.05, 0) is 54.1 Å². The van der Waals surface area contributed by atoms with Crippen LogP contribution in [0.4, 0.5) is 4.79 Å². The number of carbonyl (C=O) groups is 5. The van der Waals surface area contributed by atoms with Crippen LogP contribution in [0.5, 0.6) is 0 Å². The van der Waals surface area contributed by atoms with Crippen molar-refractivity contribution in [1.29, 1.82) is 0 Å². The quantitative estimate of drug-likeness (QED) is 0.116. The summed E-state index contributed by atoms with van der Waals surface area (Å²) in [6.45, 7) is -0.682. The van der Waals surface area contributed by atoms with E-state index in [1.807, 2.05) is 6.07 Å². The molecule has 1 N–H and O–H groups in total. The highest BCUT2D eigenvalue weighted by Crippen LogP contribution is 2.30. The van der Waals surface area contributed by atoms with Crippen LogP contribution in [0.2, 0.25) is 0 Å². The number of esters is 4. The summed E-state index contributed by atoms with van der Waals surface area (Å²) in [6.07, 6.45) is -7.22. The predicted octanol–water partition coefficient (Wildman–Crippen LogP) is 6.17. The first-order valence-corrected chi connectivity index (χ1v) is 17.0. The molecule has 0 saturated carbocycles. The van der Waals surface area contributed by atoms with Crippen molar-refractivity contribution in [1.82, 2.24) is 5.32 Å². The Hall–Kier alpha value is -6.79. The number of ether oxygens (including phenoxy) is 6. The molecule has 5 aromatic rings. The van der Waals surface area contributed by atoms with Crippen LogP contribution >= 0.6 is 0 Å². The van der Waals surface area contributed by atoms with Crippen molar-refractivity contribution in [3.63, 3.8) is 0 Å². The maximum Gasteiger partial charge on any atom is 0.408 e. The summed E-state index contributed by atoms with van der Waals surface area (Å²) in [5.74, 6) is -3.28. The largest absolute Gasteiger partial charge is 0.459 e. The molecule has 1 aliphatic rings. The van der Waals surface area contributed by atoms with Crippen LogP contribution in [-0.2, 0) is 35.0 Å². The Morgan fingerprint density at radius 1 is 0.481 bits per heavy atom. The minimum atomic E-state index is -1.69. The van der Waals surface area contributed by atoms with Gasteiger partial charge in [0, 0.05) is 0 Å². The van der Waals surface area contributed by atoms with E-state index in [1.54, 1.807) is 109 Å². The molecule has 12 nitrogen and oxygen atoms in total. The molecule has 1 saturated heterocycles. The highest BCUT2D eigenvalue weighted by atomic mass is 16.7. The Labute approximate surface area is 310 Å². The zero-order valence-electron chi connectivity index (χ0n) is 28.7. The molecule has 1 fully saturated rings. The van der Waals surface area contributed by atoms with Gasteiger partial charge >= 0.3 is 30.0 Å². The Bertz CT molecular complexity index is 2010. The number of amides is 1. The predicted molar refractivity (Wildman–Crippen MR) is 192 cm³/mol. The highest BCUT2D eigenvalue weighted by Gasteiger charge is 2.53. The van der Waals surface area contributed by atoms with E-state index >= 15 is 0 Å². The third-order valence-electron chi connectivity index (χ3n) is 8.27. The first-order chi connectivity index (χ1) is 26.4. The fourth-order valence-electron chi connectivity index (χ4n) is 5.57. The van der Waals surface area contributed by atoms with Crippen LogP contribution in [0.1, 0.15) is 47.0 Å². The van der Waals surface area contributed by atoms with Crippen molar-refractivity contribution in [2.75, 3.05) is 6.61 Å². The molecule has 0 spiro atoms. The van der Waals surface area contributed by atoms with Gasteiger partial charge in [-0.25, -0.2) is 24.0 Å². The van der Waals surface area contributed by atoms with Crippen LogP contribution in [0, 0.1) is 0 Å². The van der Waals surface area contributed by atoms with E-state index in [4.69, 9.17) is 28.4 Å². The third-order valence-corrected chi connectivity index (χ3v) is 8.27. The highest BCUT2D eigenvalue weighted by molar-refractivity contribution is 5.91. The van der Waals surface area contributed by atoms with Gasteiger partial charge in [0.05, 0.1) is 22.3 Å². The SMILES string of the molecule is O=C(N[C@H]1C(OC(=O)c2ccccc2)O[C@H](COC(=O)c2ccccc2)[C@@H](OC(=O)c2ccccc2)[C@@H]1OC(=O)c1ccccc1)OCc1ccccc1. The van der Waals surface area contributed by atoms with Gasteiger partial charge < -0.3 is 33.7 Å². The second kappa shape index (κ2) is 18.1. The lowest BCUT2D eigenvalue weighted by Gasteiger charge is -2.44. The number of rotatable bonds is 12. The summed E-state index contributed by atoms with van der Waals surface area (Å²) in [6, 6.07) is 39.5. The molecule has 0 aliphatic carbocycles. The molecule has 0 radical (unpaired) electrons. The first-order valence-electron chi connectivity index (χ1n) is 17.0. The van der Waals surface area contributed by atoms with Crippen LogP contribution in [0.15, 0.2) is 152 Å². The van der Waals surface area contributed by atoms with E-state index in [-0.39, 0.29) is 28.9 Å². The lowest BCUT2D eigenvalue weighted by Crippen LogP contribution is -2.67.